The molecule has 2 aromatic rings. The fourth-order valence-corrected chi connectivity index (χ4v) is 1.88. The molecule has 0 aromatic carbocycles. The lowest BCUT2D eigenvalue weighted by atomic mass is 10.4. The molecule has 0 aliphatic carbocycles. The first-order chi connectivity index (χ1) is 10.0. The van der Waals surface area contributed by atoms with Crippen LogP contribution in [0.5, 0.6) is 0 Å². The molecule has 5 nitrogen and oxygen atoms in total. The zero-order chi connectivity index (χ0) is 15.2. The number of carbonyl (C=O) groups is 1. The van der Waals surface area contributed by atoms with E-state index in [-0.39, 0.29) is 11.0 Å². The average Bonchev–Trinajstić information content (AvgIpc) is 2.94. The smallest absolute Gasteiger partial charge is 0.250 e. The number of rotatable bonds is 3. The zero-order valence-electron chi connectivity index (χ0n) is 11.1. The molecule has 2 heterocycles. The van der Waals surface area contributed by atoms with Gasteiger partial charge in [-0.2, -0.15) is 0 Å². The molecule has 0 saturated heterocycles. The van der Waals surface area contributed by atoms with Gasteiger partial charge < -0.3 is 9.73 Å². The number of nitrogens with zero attached hydrogens (tertiary/aromatic N) is 1. The maximum Gasteiger partial charge on any atom is 0.250 e. The third-order valence-electron chi connectivity index (χ3n) is 2.44. The third kappa shape index (κ3) is 4.80. The van der Waals surface area contributed by atoms with Gasteiger partial charge in [-0.25, -0.2) is 4.98 Å². The number of nitrogens with one attached hydrogen (secondary N) is 2. The molecule has 0 bridgehead atoms. The summed E-state index contributed by atoms with van der Waals surface area (Å²) in [6.45, 7) is 1.86. The van der Waals surface area contributed by atoms with Crippen LogP contribution >= 0.6 is 28.1 Å². The first-order valence-corrected chi connectivity index (χ1v) is 7.21. The van der Waals surface area contributed by atoms with Crippen molar-refractivity contribution in [3.05, 3.63) is 52.5 Å². The normalized spacial score (nSPS) is 10.6. The summed E-state index contributed by atoms with van der Waals surface area (Å²) in [4.78, 5) is 15.9. The Morgan fingerprint density at radius 2 is 2.24 bits per heavy atom. The number of thiocarbonyl (C=S) groups is 1. The summed E-state index contributed by atoms with van der Waals surface area (Å²) >= 11 is 8.41. The first kappa shape index (κ1) is 15.4. The Morgan fingerprint density at radius 1 is 1.43 bits per heavy atom. The molecule has 7 heteroatoms. The van der Waals surface area contributed by atoms with E-state index in [0.717, 1.165) is 10.2 Å². The van der Waals surface area contributed by atoms with Crippen molar-refractivity contribution in [1.29, 1.82) is 0 Å². The predicted octanol–water partition coefficient (Wildman–Crippen LogP) is 3.27. The Kier molecular flexibility index (Phi) is 5.24. The Hall–Kier alpha value is -1.99. The van der Waals surface area contributed by atoms with Crippen molar-refractivity contribution in [1.82, 2.24) is 10.3 Å². The van der Waals surface area contributed by atoms with Crippen LogP contribution in [0, 0.1) is 6.92 Å². The lowest BCUT2D eigenvalue weighted by molar-refractivity contribution is -0.115. The van der Waals surface area contributed by atoms with Gasteiger partial charge in [0.2, 0.25) is 5.91 Å². The summed E-state index contributed by atoms with van der Waals surface area (Å²) in [5.74, 6) is 0.808. The van der Waals surface area contributed by atoms with Crippen molar-refractivity contribution < 1.29 is 9.21 Å². The minimum absolute atomic E-state index is 0.179. The SMILES string of the molecule is Cc1nc(NC(=S)NC(=O)/C=C/c2ccco2)ccc1Br. The highest BCUT2D eigenvalue weighted by atomic mass is 79.9. The summed E-state index contributed by atoms with van der Waals surface area (Å²) in [6, 6.07) is 7.10. The predicted molar refractivity (Wildman–Crippen MR) is 88.8 cm³/mol. The average molecular weight is 366 g/mol. The maximum atomic E-state index is 11.7. The highest BCUT2D eigenvalue weighted by Crippen LogP contribution is 2.15. The van der Waals surface area contributed by atoms with Crippen LogP contribution in [0.3, 0.4) is 0 Å². The van der Waals surface area contributed by atoms with Gasteiger partial charge in [-0.15, -0.1) is 0 Å². The second-order valence-corrected chi connectivity index (χ2v) is 5.32. The van der Waals surface area contributed by atoms with Crippen molar-refractivity contribution in [3.63, 3.8) is 0 Å². The van der Waals surface area contributed by atoms with Gasteiger partial charge in [-0.1, -0.05) is 0 Å². The summed E-state index contributed by atoms with van der Waals surface area (Å²) in [5.41, 5.74) is 0.826. The van der Waals surface area contributed by atoms with E-state index in [2.05, 4.69) is 31.5 Å². The molecule has 2 rings (SSSR count). The van der Waals surface area contributed by atoms with Crippen LogP contribution in [-0.4, -0.2) is 16.0 Å². The molecule has 2 aromatic heterocycles. The van der Waals surface area contributed by atoms with E-state index in [0.29, 0.717) is 11.6 Å². The van der Waals surface area contributed by atoms with Gasteiger partial charge in [0.25, 0.3) is 0 Å². The lowest BCUT2D eigenvalue weighted by Gasteiger charge is -2.08. The maximum absolute atomic E-state index is 11.7. The number of aryl methyl sites for hydroxylation is 1. The highest BCUT2D eigenvalue weighted by molar-refractivity contribution is 9.10. The minimum Gasteiger partial charge on any atom is -0.465 e. The van der Waals surface area contributed by atoms with Gasteiger partial charge in [0.15, 0.2) is 5.11 Å². The molecule has 0 unspecified atom stereocenters. The summed E-state index contributed by atoms with van der Waals surface area (Å²) in [5, 5.41) is 5.55. The zero-order valence-corrected chi connectivity index (χ0v) is 13.5. The molecule has 0 fully saturated rings. The van der Waals surface area contributed by atoms with Gasteiger partial charge >= 0.3 is 0 Å². The van der Waals surface area contributed by atoms with Gasteiger partial charge in [-0.05, 0) is 65.4 Å². The van der Waals surface area contributed by atoms with Gasteiger partial charge in [0.05, 0.1) is 12.0 Å². The van der Waals surface area contributed by atoms with Crippen molar-refractivity contribution in [2.75, 3.05) is 5.32 Å². The van der Waals surface area contributed by atoms with Gasteiger partial charge in [-0.3, -0.25) is 10.1 Å². The number of carbonyl (C=O) groups excluding carboxylic acids is 1. The Labute approximate surface area is 135 Å². The van der Waals surface area contributed by atoms with E-state index < -0.39 is 0 Å². The van der Waals surface area contributed by atoms with E-state index in [4.69, 9.17) is 16.6 Å². The number of furan rings is 1. The van der Waals surface area contributed by atoms with E-state index in [1.807, 2.05) is 13.0 Å². The second-order valence-electron chi connectivity index (χ2n) is 4.06. The standard InChI is InChI=1S/C14H12BrN3O2S/c1-9-11(15)5-6-12(16-9)17-14(21)18-13(19)7-4-10-3-2-8-20-10/h2-8H,1H3,(H2,16,17,18,19,21)/b7-4+. The van der Waals surface area contributed by atoms with Crippen molar-refractivity contribution in [2.45, 2.75) is 6.92 Å². The molecule has 0 saturated carbocycles. The monoisotopic (exact) mass is 365 g/mol. The topological polar surface area (TPSA) is 67.2 Å². The number of halogens is 1. The minimum atomic E-state index is -0.349. The van der Waals surface area contributed by atoms with Crippen LogP contribution in [0.25, 0.3) is 6.08 Å². The van der Waals surface area contributed by atoms with Crippen molar-refractivity contribution >= 4 is 51.1 Å². The first-order valence-electron chi connectivity index (χ1n) is 6.01. The number of hydrogen-bond donors (Lipinski definition) is 2. The summed E-state index contributed by atoms with van der Waals surface area (Å²) in [7, 11) is 0. The summed E-state index contributed by atoms with van der Waals surface area (Å²) in [6.07, 6.45) is 4.43. The van der Waals surface area contributed by atoms with E-state index >= 15 is 0 Å². The van der Waals surface area contributed by atoms with Crippen molar-refractivity contribution in [2.24, 2.45) is 0 Å². The Bertz CT molecular complexity index is 684. The molecule has 1 amide bonds. The number of aromatic nitrogens is 1. The molecular weight excluding hydrogens is 354 g/mol. The van der Waals surface area contributed by atoms with Crippen LogP contribution in [0.1, 0.15) is 11.5 Å². The number of hydrogen-bond acceptors (Lipinski definition) is 4. The van der Waals surface area contributed by atoms with E-state index in [1.54, 1.807) is 24.3 Å². The molecule has 0 radical (unpaired) electrons. The van der Waals surface area contributed by atoms with Crippen LogP contribution in [-0.2, 0) is 4.79 Å². The van der Waals surface area contributed by atoms with E-state index in [9.17, 15) is 4.79 Å². The lowest BCUT2D eigenvalue weighted by Crippen LogP contribution is -2.33. The van der Waals surface area contributed by atoms with Gasteiger partial charge in [0.1, 0.15) is 11.6 Å². The Morgan fingerprint density at radius 3 is 2.90 bits per heavy atom. The quantitative estimate of drug-likeness (QED) is 0.645. The van der Waals surface area contributed by atoms with Gasteiger partial charge in [0, 0.05) is 10.5 Å². The van der Waals surface area contributed by atoms with E-state index in [1.165, 1.54) is 12.3 Å². The molecule has 0 spiro atoms. The molecule has 0 aliphatic rings. The van der Waals surface area contributed by atoms with Crippen molar-refractivity contribution in [3.8, 4) is 0 Å². The molecule has 21 heavy (non-hydrogen) atoms. The molecule has 108 valence electrons. The molecular formula is C14H12BrN3O2S. The van der Waals surface area contributed by atoms with Crippen LogP contribution in [0.15, 0.2) is 45.5 Å². The highest BCUT2D eigenvalue weighted by Gasteiger charge is 2.04. The molecule has 2 N–H and O–H groups in total. The number of amides is 1. The third-order valence-corrected chi connectivity index (χ3v) is 3.48. The second kappa shape index (κ2) is 7.14. The molecule has 0 atom stereocenters. The number of anilines is 1. The Balaban J connectivity index is 1.89. The largest absolute Gasteiger partial charge is 0.465 e. The number of pyridine rings is 1. The van der Waals surface area contributed by atoms with Crippen LogP contribution in [0.2, 0.25) is 0 Å². The van der Waals surface area contributed by atoms with Crippen LogP contribution < -0.4 is 10.6 Å². The molecule has 0 aliphatic heterocycles. The summed E-state index contributed by atoms with van der Waals surface area (Å²) < 4.78 is 5.99. The fourth-order valence-electron chi connectivity index (χ4n) is 1.46. The fraction of sp³-hybridized carbons (Fsp3) is 0.0714. The van der Waals surface area contributed by atoms with Crippen LogP contribution in [0.4, 0.5) is 5.82 Å².